The third-order valence-electron chi connectivity index (χ3n) is 5.91. The van der Waals surface area contributed by atoms with Gasteiger partial charge >= 0.3 is 6.03 Å². The number of piperidine rings is 1. The van der Waals surface area contributed by atoms with Crippen molar-refractivity contribution in [2.24, 2.45) is 5.92 Å². The number of nitrogens with one attached hydrogen (secondary N) is 3. The van der Waals surface area contributed by atoms with Crippen molar-refractivity contribution in [1.29, 1.82) is 0 Å². The Labute approximate surface area is 142 Å². The third-order valence-corrected chi connectivity index (χ3v) is 5.91. The monoisotopic (exact) mass is 336 g/mol. The number of urea groups is 1. The summed E-state index contributed by atoms with van der Waals surface area (Å²) in [5, 5.41) is 9.17. The Bertz CT molecular complexity index is 538. The lowest BCUT2D eigenvalue weighted by atomic mass is 9.73. The van der Waals surface area contributed by atoms with Gasteiger partial charge in [0.25, 0.3) is 5.91 Å². The van der Waals surface area contributed by atoms with Crippen LogP contribution in [0, 0.1) is 5.92 Å². The summed E-state index contributed by atoms with van der Waals surface area (Å²) in [6.07, 6.45) is 5.54. The molecule has 2 heterocycles. The predicted molar refractivity (Wildman–Crippen MR) is 89.2 cm³/mol. The molecule has 2 aliphatic heterocycles. The highest BCUT2D eigenvalue weighted by Crippen LogP contribution is 2.38. The Hall–Kier alpha value is -1.63. The topological polar surface area (TPSA) is 90.5 Å². The van der Waals surface area contributed by atoms with Crippen molar-refractivity contribution in [2.45, 2.75) is 70.0 Å². The van der Waals surface area contributed by atoms with Gasteiger partial charge in [-0.15, -0.1) is 0 Å². The molecule has 0 radical (unpaired) electrons. The molecule has 134 valence electrons. The molecule has 3 aliphatic rings. The highest BCUT2D eigenvalue weighted by Gasteiger charge is 2.55. The molecule has 3 rings (SSSR count). The minimum absolute atomic E-state index is 0.0505. The maximum absolute atomic E-state index is 12.8. The van der Waals surface area contributed by atoms with E-state index in [1.807, 2.05) is 13.8 Å². The molecule has 4 atom stereocenters. The number of imide groups is 1. The van der Waals surface area contributed by atoms with E-state index in [2.05, 4.69) is 16.0 Å². The Kier molecular flexibility index (Phi) is 4.80. The van der Waals surface area contributed by atoms with Crippen molar-refractivity contribution in [3.8, 4) is 0 Å². The second-order valence-electron chi connectivity index (χ2n) is 7.50. The molecule has 2 saturated heterocycles. The molecule has 3 N–H and O–H groups in total. The normalized spacial score (nSPS) is 36.8. The quantitative estimate of drug-likeness (QED) is 0.663. The van der Waals surface area contributed by atoms with Gasteiger partial charge in [-0.3, -0.25) is 14.5 Å². The van der Waals surface area contributed by atoms with Crippen molar-refractivity contribution < 1.29 is 14.4 Å². The first-order valence-corrected chi connectivity index (χ1v) is 9.11. The second kappa shape index (κ2) is 6.70. The molecule has 1 saturated carbocycles. The number of carbonyl (C=O) groups excluding carboxylic acids is 3. The van der Waals surface area contributed by atoms with Crippen LogP contribution in [-0.2, 0) is 9.59 Å². The summed E-state index contributed by atoms with van der Waals surface area (Å²) in [7, 11) is 0. The van der Waals surface area contributed by atoms with Gasteiger partial charge in [0.15, 0.2) is 0 Å². The molecule has 7 heteroatoms. The van der Waals surface area contributed by atoms with Crippen LogP contribution in [0.4, 0.5) is 4.79 Å². The van der Waals surface area contributed by atoms with E-state index < -0.39 is 11.6 Å². The lowest BCUT2D eigenvalue weighted by molar-refractivity contribution is -0.137. The Balaban J connectivity index is 1.63. The van der Waals surface area contributed by atoms with Gasteiger partial charge in [0, 0.05) is 12.1 Å². The summed E-state index contributed by atoms with van der Waals surface area (Å²) < 4.78 is 0. The van der Waals surface area contributed by atoms with E-state index in [1.54, 1.807) is 0 Å². The van der Waals surface area contributed by atoms with Gasteiger partial charge in [-0.2, -0.15) is 0 Å². The number of hydrogen-bond acceptors (Lipinski definition) is 4. The van der Waals surface area contributed by atoms with E-state index >= 15 is 0 Å². The zero-order valence-electron chi connectivity index (χ0n) is 14.6. The van der Waals surface area contributed by atoms with Gasteiger partial charge in [0.05, 0.1) is 0 Å². The Morgan fingerprint density at radius 1 is 1.25 bits per heavy atom. The minimum atomic E-state index is -0.796. The lowest BCUT2D eigenvalue weighted by Gasteiger charge is -2.36. The molecule has 7 nitrogen and oxygen atoms in total. The van der Waals surface area contributed by atoms with Crippen LogP contribution in [-0.4, -0.2) is 53.5 Å². The summed E-state index contributed by atoms with van der Waals surface area (Å²) in [6.45, 7) is 4.82. The van der Waals surface area contributed by atoms with Crippen molar-refractivity contribution in [2.75, 3.05) is 13.1 Å². The number of rotatable bonds is 3. The van der Waals surface area contributed by atoms with E-state index in [4.69, 9.17) is 0 Å². The Morgan fingerprint density at radius 2 is 2.04 bits per heavy atom. The van der Waals surface area contributed by atoms with Crippen molar-refractivity contribution in [1.82, 2.24) is 20.9 Å². The highest BCUT2D eigenvalue weighted by atomic mass is 16.2. The van der Waals surface area contributed by atoms with Gasteiger partial charge in [-0.1, -0.05) is 19.8 Å². The molecule has 3 fully saturated rings. The average Bonchev–Trinajstić information content (AvgIpc) is 2.78. The average molecular weight is 336 g/mol. The molecule has 0 aromatic rings. The zero-order chi connectivity index (χ0) is 17.3. The third kappa shape index (κ3) is 3.01. The predicted octanol–water partition coefficient (Wildman–Crippen LogP) is 0.744. The molecule has 0 aromatic carbocycles. The highest BCUT2D eigenvalue weighted by molar-refractivity contribution is 6.09. The maximum atomic E-state index is 12.8. The van der Waals surface area contributed by atoms with Gasteiger partial charge in [-0.25, -0.2) is 4.79 Å². The van der Waals surface area contributed by atoms with Crippen LogP contribution in [0.3, 0.4) is 0 Å². The first-order chi connectivity index (χ1) is 11.4. The van der Waals surface area contributed by atoms with Crippen LogP contribution in [0.15, 0.2) is 0 Å². The van der Waals surface area contributed by atoms with Crippen LogP contribution < -0.4 is 16.0 Å². The van der Waals surface area contributed by atoms with Gasteiger partial charge in [-0.05, 0) is 45.1 Å². The molecular weight excluding hydrogens is 308 g/mol. The van der Waals surface area contributed by atoms with E-state index in [1.165, 1.54) is 0 Å². The first-order valence-electron chi connectivity index (χ1n) is 9.11. The molecule has 0 aromatic heterocycles. The molecule has 0 bridgehead atoms. The minimum Gasteiger partial charge on any atom is -0.350 e. The van der Waals surface area contributed by atoms with Crippen LogP contribution in [0.25, 0.3) is 0 Å². The number of hydrogen-bond donors (Lipinski definition) is 3. The lowest BCUT2D eigenvalue weighted by Crippen LogP contribution is -2.55. The fourth-order valence-corrected chi connectivity index (χ4v) is 4.28. The summed E-state index contributed by atoms with van der Waals surface area (Å²) in [4.78, 5) is 38.6. The first kappa shape index (κ1) is 17.2. The standard InChI is InChI=1S/C17H28N4O3/c1-11-6-3-4-8-17(11)15(23)21(16(24)20-17)10-14(22)19-13-7-5-9-18-12(13)2/h11-13,18H,3-10H2,1-2H3,(H,19,22)(H,20,24). The molecule has 4 unspecified atom stereocenters. The van der Waals surface area contributed by atoms with E-state index in [0.717, 1.165) is 43.5 Å². The van der Waals surface area contributed by atoms with Gasteiger partial charge in [0.2, 0.25) is 5.91 Å². The summed E-state index contributed by atoms with van der Waals surface area (Å²) in [5.74, 6) is -0.387. The van der Waals surface area contributed by atoms with E-state index in [9.17, 15) is 14.4 Å². The molecular formula is C17H28N4O3. The number of amides is 4. The van der Waals surface area contributed by atoms with Crippen LogP contribution in [0.2, 0.25) is 0 Å². The molecule has 1 aliphatic carbocycles. The molecule has 1 spiro atoms. The Morgan fingerprint density at radius 3 is 2.75 bits per heavy atom. The summed E-state index contributed by atoms with van der Waals surface area (Å²) >= 11 is 0. The van der Waals surface area contributed by atoms with Crippen molar-refractivity contribution in [3.05, 3.63) is 0 Å². The smallest absolute Gasteiger partial charge is 0.325 e. The maximum Gasteiger partial charge on any atom is 0.325 e. The fraction of sp³-hybridized carbons (Fsp3) is 0.824. The largest absolute Gasteiger partial charge is 0.350 e. The zero-order valence-corrected chi connectivity index (χ0v) is 14.6. The fourth-order valence-electron chi connectivity index (χ4n) is 4.28. The summed E-state index contributed by atoms with van der Waals surface area (Å²) in [5.41, 5.74) is -0.796. The molecule has 4 amide bonds. The second-order valence-corrected chi connectivity index (χ2v) is 7.50. The summed E-state index contributed by atoms with van der Waals surface area (Å²) in [6, 6.07) is -0.177. The number of nitrogens with zero attached hydrogens (tertiary/aromatic N) is 1. The van der Waals surface area contributed by atoms with Crippen molar-refractivity contribution >= 4 is 17.8 Å². The SMILES string of the molecule is CC1NCCCC1NC(=O)CN1C(=O)NC2(CCCCC2C)C1=O. The van der Waals surface area contributed by atoms with E-state index in [-0.39, 0.29) is 36.4 Å². The van der Waals surface area contributed by atoms with Gasteiger partial charge < -0.3 is 16.0 Å². The number of carbonyl (C=O) groups is 3. The van der Waals surface area contributed by atoms with Crippen LogP contribution in [0.5, 0.6) is 0 Å². The van der Waals surface area contributed by atoms with E-state index in [0.29, 0.717) is 6.42 Å². The van der Waals surface area contributed by atoms with Crippen LogP contribution in [0.1, 0.15) is 52.4 Å². The van der Waals surface area contributed by atoms with Crippen molar-refractivity contribution in [3.63, 3.8) is 0 Å². The van der Waals surface area contributed by atoms with Crippen LogP contribution >= 0.6 is 0 Å². The van der Waals surface area contributed by atoms with Gasteiger partial charge in [0.1, 0.15) is 12.1 Å². The molecule has 24 heavy (non-hydrogen) atoms.